The molecular formula is C18H18F3NO2. The second kappa shape index (κ2) is 5.19. The van der Waals surface area contributed by atoms with Gasteiger partial charge in [0.05, 0.1) is 11.3 Å². The van der Waals surface area contributed by atoms with Gasteiger partial charge in [-0.25, -0.2) is 0 Å². The van der Waals surface area contributed by atoms with Crippen LogP contribution in [0.25, 0.3) is 5.69 Å². The van der Waals surface area contributed by atoms with Crippen LogP contribution in [0.15, 0.2) is 24.3 Å². The Morgan fingerprint density at radius 1 is 0.917 bits per heavy atom. The van der Waals surface area contributed by atoms with Crippen LogP contribution in [-0.4, -0.2) is 14.8 Å². The van der Waals surface area contributed by atoms with Crippen LogP contribution in [0.1, 0.15) is 60.6 Å². The van der Waals surface area contributed by atoms with Gasteiger partial charge >= 0.3 is 6.18 Å². The fourth-order valence-corrected chi connectivity index (χ4v) is 4.33. The number of benzene rings is 1. The molecule has 2 bridgehead atoms. The molecular weight excluding hydrogens is 319 g/mol. The summed E-state index contributed by atoms with van der Waals surface area (Å²) >= 11 is 0. The molecule has 0 spiro atoms. The number of nitrogens with zero attached hydrogens (tertiary/aromatic N) is 1. The predicted molar refractivity (Wildman–Crippen MR) is 82.7 cm³/mol. The highest BCUT2D eigenvalue weighted by Gasteiger charge is 2.39. The highest BCUT2D eigenvalue weighted by Crippen LogP contribution is 2.55. The second-order valence-corrected chi connectivity index (χ2v) is 6.76. The van der Waals surface area contributed by atoms with Crippen LogP contribution in [0.5, 0.6) is 11.8 Å². The van der Waals surface area contributed by atoms with Gasteiger partial charge < -0.3 is 10.2 Å². The first-order valence-corrected chi connectivity index (χ1v) is 8.22. The maximum Gasteiger partial charge on any atom is 0.416 e. The zero-order valence-corrected chi connectivity index (χ0v) is 13.0. The molecule has 1 aromatic heterocycles. The molecule has 3 aliphatic rings. The molecule has 1 saturated carbocycles. The molecule has 2 atom stereocenters. The lowest BCUT2D eigenvalue weighted by molar-refractivity contribution is -0.137. The van der Waals surface area contributed by atoms with E-state index in [1.165, 1.54) is 12.1 Å². The average Bonchev–Trinajstić information content (AvgIpc) is 2.74. The van der Waals surface area contributed by atoms with Crippen molar-refractivity contribution in [2.75, 3.05) is 0 Å². The van der Waals surface area contributed by atoms with Crippen LogP contribution in [0.2, 0.25) is 0 Å². The van der Waals surface area contributed by atoms with Crippen molar-refractivity contribution >= 4 is 0 Å². The summed E-state index contributed by atoms with van der Waals surface area (Å²) in [7, 11) is 0. The summed E-state index contributed by atoms with van der Waals surface area (Å²) in [4.78, 5) is 0. The van der Waals surface area contributed by atoms with Crippen molar-refractivity contribution in [3.63, 3.8) is 0 Å². The van der Waals surface area contributed by atoms with Crippen LogP contribution in [0.4, 0.5) is 13.2 Å². The molecule has 1 fully saturated rings. The highest BCUT2D eigenvalue weighted by molar-refractivity contribution is 5.57. The Morgan fingerprint density at radius 3 is 2.04 bits per heavy atom. The molecule has 24 heavy (non-hydrogen) atoms. The zero-order valence-electron chi connectivity index (χ0n) is 13.0. The van der Waals surface area contributed by atoms with Crippen molar-refractivity contribution < 1.29 is 23.4 Å². The van der Waals surface area contributed by atoms with E-state index < -0.39 is 11.7 Å². The van der Waals surface area contributed by atoms with E-state index in [2.05, 4.69) is 0 Å². The maximum atomic E-state index is 13.0. The summed E-state index contributed by atoms with van der Waals surface area (Å²) in [6, 6.07) is 4.70. The Bertz CT molecular complexity index is 755. The highest BCUT2D eigenvalue weighted by atomic mass is 19.4. The quantitative estimate of drug-likeness (QED) is 0.765. The topological polar surface area (TPSA) is 45.4 Å². The number of fused-ring (bicyclic) bond motifs is 3. The van der Waals surface area contributed by atoms with E-state index in [1.54, 1.807) is 0 Å². The smallest absolute Gasteiger partial charge is 0.416 e. The summed E-state index contributed by atoms with van der Waals surface area (Å²) in [6.45, 7) is 0. The van der Waals surface area contributed by atoms with E-state index in [9.17, 15) is 23.4 Å². The molecule has 1 heterocycles. The Kier molecular flexibility index (Phi) is 3.34. The minimum atomic E-state index is -4.47. The SMILES string of the molecule is Oc1c2c(c(O)n1-c1cccc(C(F)(F)F)c1)[C@H]1CCC[C@@H]2CC1. The largest absolute Gasteiger partial charge is 0.494 e. The van der Waals surface area contributed by atoms with Gasteiger partial charge in [0.1, 0.15) is 0 Å². The lowest BCUT2D eigenvalue weighted by atomic mass is 9.80. The van der Waals surface area contributed by atoms with E-state index in [0.29, 0.717) is 0 Å². The molecule has 0 saturated heterocycles. The fraction of sp³-hybridized carbons (Fsp3) is 0.444. The van der Waals surface area contributed by atoms with Crippen LogP contribution in [0.3, 0.4) is 0 Å². The summed E-state index contributed by atoms with van der Waals surface area (Å²) in [5.41, 5.74) is 0.801. The van der Waals surface area contributed by atoms with Gasteiger partial charge in [0.2, 0.25) is 11.8 Å². The second-order valence-electron chi connectivity index (χ2n) is 6.76. The molecule has 1 aromatic carbocycles. The lowest BCUT2D eigenvalue weighted by Crippen LogP contribution is -2.08. The van der Waals surface area contributed by atoms with Crippen molar-refractivity contribution in [2.45, 2.75) is 50.1 Å². The van der Waals surface area contributed by atoms with Gasteiger partial charge in [-0.05, 0) is 55.7 Å². The van der Waals surface area contributed by atoms with Crippen LogP contribution < -0.4 is 0 Å². The van der Waals surface area contributed by atoms with Gasteiger partial charge in [-0.15, -0.1) is 0 Å². The average molecular weight is 337 g/mol. The first kappa shape index (κ1) is 15.4. The number of aromatic hydroxyl groups is 2. The molecule has 0 unspecified atom stereocenters. The Balaban J connectivity index is 1.90. The monoisotopic (exact) mass is 337 g/mol. The van der Waals surface area contributed by atoms with E-state index in [4.69, 9.17) is 0 Å². The van der Waals surface area contributed by atoms with E-state index in [-0.39, 0.29) is 29.3 Å². The molecule has 5 rings (SSSR count). The number of hydrogen-bond donors (Lipinski definition) is 2. The molecule has 2 N–H and O–H groups in total. The van der Waals surface area contributed by atoms with Gasteiger partial charge in [0, 0.05) is 11.1 Å². The van der Waals surface area contributed by atoms with Crippen molar-refractivity contribution in [1.82, 2.24) is 4.57 Å². The molecule has 0 amide bonds. The minimum Gasteiger partial charge on any atom is -0.494 e. The molecule has 128 valence electrons. The van der Waals surface area contributed by atoms with Crippen molar-refractivity contribution in [3.05, 3.63) is 41.0 Å². The summed E-state index contributed by atoms with van der Waals surface area (Å²) in [5.74, 6) is 0.130. The fourth-order valence-electron chi connectivity index (χ4n) is 4.33. The lowest BCUT2D eigenvalue weighted by Gasteiger charge is -2.23. The summed E-state index contributed by atoms with van der Waals surface area (Å²) in [5, 5.41) is 21.3. The standard InChI is InChI=1S/C18H18F3NO2/c19-18(20,21)12-5-2-6-13(9-12)22-16(23)14-10-3-1-4-11(8-7-10)15(14)17(22)24/h2,5-6,9-11,23-24H,1,3-4,7-8H2/t10-,11+. The molecule has 3 aliphatic carbocycles. The predicted octanol–water partition coefficient (Wildman–Crippen LogP) is 5.05. The molecule has 0 radical (unpaired) electrons. The third kappa shape index (κ3) is 2.19. The van der Waals surface area contributed by atoms with Gasteiger partial charge in [-0.1, -0.05) is 12.5 Å². The van der Waals surface area contributed by atoms with Crippen molar-refractivity contribution in [1.29, 1.82) is 0 Å². The molecule has 2 aromatic rings. The first-order valence-electron chi connectivity index (χ1n) is 8.22. The third-order valence-corrected chi connectivity index (χ3v) is 5.41. The normalized spacial score (nSPS) is 23.1. The van der Waals surface area contributed by atoms with E-state index in [1.807, 2.05) is 0 Å². The number of hydrogen-bond acceptors (Lipinski definition) is 2. The van der Waals surface area contributed by atoms with Crippen LogP contribution in [-0.2, 0) is 6.18 Å². The van der Waals surface area contributed by atoms with E-state index in [0.717, 1.165) is 59.9 Å². The van der Waals surface area contributed by atoms with Crippen molar-refractivity contribution in [2.24, 2.45) is 0 Å². The van der Waals surface area contributed by atoms with Gasteiger partial charge in [-0.3, -0.25) is 4.57 Å². The van der Waals surface area contributed by atoms with Gasteiger partial charge in [0.25, 0.3) is 0 Å². The Labute approximate surface area is 137 Å². The number of aromatic nitrogens is 1. The van der Waals surface area contributed by atoms with Crippen LogP contribution in [0, 0.1) is 0 Å². The summed E-state index contributed by atoms with van der Waals surface area (Å²) in [6.07, 6.45) is 0.387. The number of rotatable bonds is 1. The van der Waals surface area contributed by atoms with E-state index >= 15 is 0 Å². The van der Waals surface area contributed by atoms with Gasteiger partial charge in [0.15, 0.2) is 0 Å². The zero-order chi connectivity index (χ0) is 17.1. The Morgan fingerprint density at radius 2 is 1.50 bits per heavy atom. The molecule has 0 aliphatic heterocycles. The molecule has 6 heteroatoms. The first-order chi connectivity index (χ1) is 11.4. The third-order valence-electron chi connectivity index (χ3n) is 5.41. The van der Waals surface area contributed by atoms with Crippen LogP contribution >= 0.6 is 0 Å². The molecule has 3 nitrogen and oxygen atoms in total. The number of halogens is 3. The summed E-state index contributed by atoms with van der Waals surface area (Å²) < 4.78 is 40.1. The maximum absolute atomic E-state index is 13.0. The Hall–Kier alpha value is -2.11. The van der Waals surface area contributed by atoms with Gasteiger partial charge in [-0.2, -0.15) is 13.2 Å². The number of alkyl halides is 3. The van der Waals surface area contributed by atoms with Crippen molar-refractivity contribution in [3.8, 4) is 17.4 Å². The minimum absolute atomic E-state index is 0.113.